The SMILES string of the molecule is O=C(Nc1ccc(Cl)cc1F)c1cc(NC(=O)C(Cc2cccc(C(F)(F)F)c2)C(F)(F)F)ccc1Cl. The van der Waals surface area contributed by atoms with Gasteiger partial charge in [-0.3, -0.25) is 9.59 Å². The number of halogens is 9. The molecule has 1 atom stereocenters. The van der Waals surface area contributed by atoms with Gasteiger partial charge in [-0.1, -0.05) is 41.4 Å². The fourth-order valence-corrected chi connectivity index (χ4v) is 3.62. The molecular weight excluding hydrogens is 552 g/mol. The Kier molecular flexibility index (Phi) is 8.38. The summed E-state index contributed by atoms with van der Waals surface area (Å²) in [6.45, 7) is 0. The molecule has 0 fully saturated rings. The van der Waals surface area contributed by atoms with E-state index in [0.29, 0.717) is 12.1 Å². The van der Waals surface area contributed by atoms with Gasteiger partial charge in [0.1, 0.15) is 11.7 Å². The average Bonchev–Trinajstić information content (AvgIpc) is 2.79. The number of hydrogen-bond acceptors (Lipinski definition) is 2. The van der Waals surface area contributed by atoms with Gasteiger partial charge < -0.3 is 10.6 Å². The first-order valence-electron chi connectivity index (χ1n) is 10.2. The van der Waals surface area contributed by atoms with E-state index < -0.39 is 47.9 Å². The van der Waals surface area contributed by atoms with Gasteiger partial charge in [0.05, 0.1) is 21.8 Å². The Morgan fingerprint density at radius 3 is 2.19 bits per heavy atom. The quantitative estimate of drug-likeness (QED) is 0.299. The fourth-order valence-electron chi connectivity index (χ4n) is 3.25. The molecule has 3 aromatic carbocycles. The third-order valence-corrected chi connectivity index (χ3v) is 5.63. The summed E-state index contributed by atoms with van der Waals surface area (Å²) in [5.74, 6) is -6.06. The number of rotatable bonds is 6. The summed E-state index contributed by atoms with van der Waals surface area (Å²) in [4.78, 5) is 25.1. The predicted molar refractivity (Wildman–Crippen MR) is 124 cm³/mol. The second kappa shape index (κ2) is 11.0. The molecule has 0 radical (unpaired) electrons. The monoisotopic (exact) mass is 566 g/mol. The number of carbonyl (C=O) groups is 2. The highest BCUT2D eigenvalue weighted by atomic mass is 35.5. The van der Waals surface area contributed by atoms with Crippen molar-refractivity contribution in [3.05, 3.63) is 93.2 Å². The molecule has 196 valence electrons. The first kappa shape index (κ1) is 28.3. The second-order valence-electron chi connectivity index (χ2n) is 7.76. The molecule has 2 amide bonds. The molecule has 0 aliphatic rings. The van der Waals surface area contributed by atoms with Crippen molar-refractivity contribution in [3.63, 3.8) is 0 Å². The van der Waals surface area contributed by atoms with Gasteiger partial charge in [-0.15, -0.1) is 0 Å². The Morgan fingerprint density at radius 2 is 1.57 bits per heavy atom. The zero-order valence-electron chi connectivity index (χ0n) is 18.3. The summed E-state index contributed by atoms with van der Waals surface area (Å²) in [6, 6.07) is 9.86. The van der Waals surface area contributed by atoms with Crippen LogP contribution in [0, 0.1) is 11.7 Å². The van der Waals surface area contributed by atoms with Crippen molar-refractivity contribution in [2.45, 2.75) is 18.8 Å². The van der Waals surface area contributed by atoms with Crippen LogP contribution in [-0.4, -0.2) is 18.0 Å². The third kappa shape index (κ3) is 7.36. The van der Waals surface area contributed by atoms with Gasteiger partial charge in [-0.05, 0) is 54.4 Å². The van der Waals surface area contributed by atoms with Crippen LogP contribution >= 0.6 is 23.2 Å². The molecule has 0 aliphatic heterocycles. The lowest BCUT2D eigenvalue weighted by molar-refractivity contribution is -0.179. The van der Waals surface area contributed by atoms with Crippen molar-refractivity contribution >= 4 is 46.4 Å². The average molecular weight is 567 g/mol. The number of carbonyl (C=O) groups excluding carboxylic acids is 2. The molecule has 0 aliphatic carbocycles. The molecule has 0 spiro atoms. The Balaban J connectivity index is 1.82. The zero-order chi connectivity index (χ0) is 27.5. The summed E-state index contributed by atoms with van der Waals surface area (Å²) in [5.41, 5.74) is -2.31. The van der Waals surface area contributed by atoms with E-state index in [4.69, 9.17) is 23.2 Å². The second-order valence-corrected chi connectivity index (χ2v) is 8.60. The normalized spacial score (nSPS) is 12.7. The van der Waals surface area contributed by atoms with Crippen LogP contribution in [0.25, 0.3) is 0 Å². The van der Waals surface area contributed by atoms with E-state index in [1.54, 1.807) is 0 Å². The van der Waals surface area contributed by atoms with Crippen LogP contribution in [-0.2, 0) is 17.4 Å². The van der Waals surface area contributed by atoms with E-state index in [2.05, 4.69) is 5.32 Å². The molecule has 3 aromatic rings. The Morgan fingerprint density at radius 1 is 0.865 bits per heavy atom. The molecular formula is C24H15Cl2F7N2O2. The molecule has 0 heterocycles. The maximum Gasteiger partial charge on any atom is 0.416 e. The zero-order valence-corrected chi connectivity index (χ0v) is 19.8. The van der Waals surface area contributed by atoms with Gasteiger partial charge in [0, 0.05) is 10.7 Å². The Labute approximate surface area is 215 Å². The van der Waals surface area contributed by atoms with Crippen LogP contribution in [0.1, 0.15) is 21.5 Å². The standard InChI is InChI=1S/C24H15Cl2F7N2O2/c25-14-4-7-20(19(27)10-14)35-21(36)16-11-15(5-6-18(16)26)34-22(37)17(24(31,32)33)9-12-2-1-3-13(8-12)23(28,29)30/h1-8,10-11,17H,9H2,(H,34,37)(H,35,36). The number of benzene rings is 3. The lowest BCUT2D eigenvalue weighted by Crippen LogP contribution is -2.36. The molecule has 0 aromatic heterocycles. The van der Waals surface area contributed by atoms with Crippen LogP contribution in [0.5, 0.6) is 0 Å². The van der Waals surface area contributed by atoms with Crippen molar-refractivity contribution in [3.8, 4) is 0 Å². The number of amides is 2. The predicted octanol–water partition coefficient (Wildman–Crippen LogP) is 7.76. The highest BCUT2D eigenvalue weighted by Gasteiger charge is 2.45. The minimum absolute atomic E-state index is 0.0718. The van der Waals surface area contributed by atoms with E-state index in [0.717, 1.165) is 36.4 Å². The van der Waals surface area contributed by atoms with E-state index >= 15 is 0 Å². The van der Waals surface area contributed by atoms with Crippen LogP contribution in [0.2, 0.25) is 10.0 Å². The first-order chi connectivity index (χ1) is 17.1. The van der Waals surface area contributed by atoms with Crippen molar-refractivity contribution in [1.29, 1.82) is 0 Å². The number of nitrogens with one attached hydrogen (secondary N) is 2. The smallest absolute Gasteiger partial charge is 0.326 e. The highest BCUT2D eigenvalue weighted by Crippen LogP contribution is 2.34. The van der Waals surface area contributed by atoms with E-state index in [1.165, 1.54) is 12.1 Å². The van der Waals surface area contributed by atoms with Crippen molar-refractivity contribution in [1.82, 2.24) is 0 Å². The highest BCUT2D eigenvalue weighted by molar-refractivity contribution is 6.34. The topological polar surface area (TPSA) is 58.2 Å². The lowest BCUT2D eigenvalue weighted by atomic mass is 9.96. The summed E-state index contributed by atoms with van der Waals surface area (Å²) in [6.07, 6.45) is -10.9. The van der Waals surface area contributed by atoms with Gasteiger partial charge in [-0.25, -0.2) is 4.39 Å². The molecule has 4 nitrogen and oxygen atoms in total. The van der Waals surface area contributed by atoms with Crippen molar-refractivity contribution in [2.75, 3.05) is 10.6 Å². The fraction of sp³-hybridized carbons (Fsp3) is 0.167. The van der Waals surface area contributed by atoms with Crippen molar-refractivity contribution in [2.24, 2.45) is 5.92 Å². The largest absolute Gasteiger partial charge is 0.416 e. The molecule has 2 N–H and O–H groups in total. The summed E-state index contributed by atoms with van der Waals surface area (Å²) >= 11 is 11.6. The minimum atomic E-state index is -5.10. The number of hydrogen-bond donors (Lipinski definition) is 2. The minimum Gasteiger partial charge on any atom is -0.326 e. The van der Waals surface area contributed by atoms with Gasteiger partial charge in [0.15, 0.2) is 0 Å². The molecule has 37 heavy (non-hydrogen) atoms. The third-order valence-electron chi connectivity index (χ3n) is 5.06. The summed E-state index contributed by atoms with van der Waals surface area (Å²) in [5, 5.41) is 4.16. The summed E-state index contributed by atoms with van der Waals surface area (Å²) < 4.78 is 93.8. The maximum absolute atomic E-state index is 14.0. The van der Waals surface area contributed by atoms with Gasteiger partial charge in [0.25, 0.3) is 5.91 Å². The number of alkyl halides is 6. The molecule has 0 saturated heterocycles. The molecule has 1 unspecified atom stereocenters. The molecule has 3 rings (SSSR count). The number of anilines is 2. The summed E-state index contributed by atoms with van der Waals surface area (Å²) in [7, 11) is 0. The van der Waals surface area contributed by atoms with E-state index in [-0.39, 0.29) is 32.5 Å². The van der Waals surface area contributed by atoms with Gasteiger partial charge in [0.2, 0.25) is 5.91 Å². The van der Waals surface area contributed by atoms with E-state index in [1.807, 2.05) is 5.32 Å². The van der Waals surface area contributed by atoms with Crippen molar-refractivity contribution < 1.29 is 40.3 Å². The van der Waals surface area contributed by atoms with Crippen LogP contribution < -0.4 is 10.6 Å². The van der Waals surface area contributed by atoms with Gasteiger partial charge in [-0.2, -0.15) is 26.3 Å². The molecule has 0 saturated carbocycles. The molecule has 0 bridgehead atoms. The van der Waals surface area contributed by atoms with Gasteiger partial charge >= 0.3 is 12.4 Å². The molecule has 13 heteroatoms. The van der Waals surface area contributed by atoms with Crippen LogP contribution in [0.15, 0.2) is 60.7 Å². The lowest BCUT2D eigenvalue weighted by Gasteiger charge is -2.20. The van der Waals surface area contributed by atoms with Crippen LogP contribution in [0.3, 0.4) is 0 Å². The maximum atomic E-state index is 14.0. The first-order valence-corrected chi connectivity index (χ1v) is 11.0. The van der Waals surface area contributed by atoms with E-state index in [9.17, 15) is 40.3 Å². The Hall–Kier alpha value is -3.31. The van der Waals surface area contributed by atoms with Crippen LogP contribution in [0.4, 0.5) is 42.1 Å². The Bertz CT molecular complexity index is 1330.